The zero-order valence-corrected chi connectivity index (χ0v) is 11.1. The van der Waals surface area contributed by atoms with Crippen LogP contribution in [0.5, 0.6) is 0 Å². The number of aromatic nitrogens is 2. The van der Waals surface area contributed by atoms with E-state index in [9.17, 15) is 5.26 Å². The number of fused-ring (bicyclic) bond motifs is 3. The Morgan fingerprint density at radius 1 is 1.05 bits per heavy atom. The molecule has 4 heteroatoms. The molecule has 0 saturated heterocycles. The van der Waals surface area contributed by atoms with E-state index in [2.05, 4.69) is 14.8 Å². The number of hydrogen-bond donors (Lipinski definition) is 0. The molecule has 0 aromatic carbocycles. The number of nitrogens with zero attached hydrogens (tertiary/aromatic N) is 4. The summed E-state index contributed by atoms with van der Waals surface area (Å²) in [6, 6.07) is 9.75. The van der Waals surface area contributed by atoms with Crippen LogP contribution in [-0.4, -0.2) is 9.97 Å². The van der Waals surface area contributed by atoms with E-state index in [1.54, 1.807) is 0 Å². The van der Waals surface area contributed by atoms with Crippen molar-refractivity contribution < 1.29 is 0 Å². The number of pyridine rings is 2. The minimum atomic E-state index is 0.0428. The standard InChI is InChI=1S/C16H10N4/c1-9-4-6-11-12-7-5-10(2)20-16(12)14(15(11)19-9)13(8-17)18-3/h4-7H,1-2H3. The fourth-order valence-electron chi connectivity index (χ4n) is 2.40. The molecule has 94 valence electrons. The van der Waals surface area contributed by atoms with Gasteiger partial charge in [-0.1, -0.05) is 12.1 Å². The van der Waals surface area contributed by atoms with Crippen LogP contribution in [0.1, 0.15) is 22.8 Å². The average Bonchev–Trinajstić information content (AvgIpc) is 2.74. The van der Waals surface area contributed by atoms with E-state index in [1.807, 2.05) is 44.2 Å². The quantitative estimate of drug-likeness (QED) is 0.459. The fourth-order valence-corrected chi connectivity index (χ4v) is 2.40. The van der Waals surface area contributed by atoms with Gasteiger partial charge in [-0.25, -0.2) is 10.1 Å². The summed E-state index contributed by atoms with van der Waals surface area (Å²) in [6.45, 7) is 11.0. The second kappa shape index (κ2) is 4.29. The van der Waals surface area contributed by atoms with Crippen LogP contribution >= 0.6 is 0 Å². The summed E-state index contributed by atoms with van der Waals surface area (Å²) in [5.41, 5.74) is 5.55. The van der Waals surface area contributed by atoms with Crippen LogP contribution in [-0.2, 0) is 0 Å². The van der Waals surface area contributed by atoms with Crippen LogP contribution in [0.4, 0.5) is 0 Å². The molecular weight excluding hydrogens is 248 g/mol. The van der Waals surface area contributed by atoms with Crippen molar-refractivity contribution in [1.82, 2.24) is 9.97 Å². The van der Waals surface area contributed by atoms with E-state index < -0.39 is 0 Å². The first-order valence-electron chi connectivity index (χ1n) is 6.14. The first-order valence-corrected chi connectivity index (χ1v) is 6.14. The first-order chi connectivity index (χ1) is 9.65. The highest BCUT2D eigenvalue weighted by molar-refractivity contribution is 6.00. The highest BCUT2D eigenvalue weighted by Gasteiger charge is 2.29. The molecule has 2 aromatic heterocycles. The van der Waals surface area contributed by atoms with Gasteiger partial charge >= 0.3 is 0 Å². The largest absolute Gasteiger partial charge is 0.273 e. The van der Waals surface area contributed by atoms with Gasteiger partial charge in [-0.15, -0.1) is 0 Å². The van der Waals surface area contributed by atoms with Crippen LogP contribution in [0.3, 0.4) is 0 Å². The number of nitriles is 1. The number of aryl methyl sites for hydroxylation is 2. The van der Waals surface area contributed by atoms with Crippen molar-refractivity contribution in [2.75, 3.05) is 0 Å². The summed E-state index contributed by atoms with van der Waals surface area (Å²) in [5, 5.41) is 9.20. The summed E-state index contributed by atoms with van der Waals surface area (Å²) in [4.78, 5) is 12.3. The SMILES string of the molecule is [C-]#[N+]C(C#N)=C1c2nc(C)ccc2-c2ccc(C)nc21. The van der Waals surface area contributed by atoms with Gasteiger partial charge in [-0.3, -0.25) is 9.97 Å². The van der Waals surface area contributed by atoms with Crippen molar-refractivity contribution in [1.29, 1.82) is 5.26 Å². The number of rotatable bonds is 0. The molecule has 20 heavy (non-hydrogen) atoms. The molecule has 0 aliphatic heterocycles. The molecule has 2 aromatic rings. The molecule has 0 bridgehead atoms. The lowest BCUT2D eigenvalue weighted by molar-refractivity contribution is 1.16. The predicted octanol–water partition coefficient (Wildman–Crippen LogP) is 3.28. The van der Waals surface area contributed by atoms with Gasteiger partial charge in [0, 0.05) is 28.1 Å². The Balaban J connectivity index is 2.47. The number of allylic oxidation sites excluding steroid dienone is 1. The van der Waals surface area contributed by atoms with E-state index in [0.717, 1.165) is 22.5 Å². The van der Waals surface area contributed by atoms with E-state index in [0.29, 0.717) is 17.0 Å². The Morgan fingerprint density at radius 2 is 1.55 bits per heavy atom. The molecule has 3 rings (SSSR count). The monoisotopic (exact) mass is 258 g/mol. The van der Waals surface area contributed by atoms with E-state index in [-0.39, 0.29) is 5.70 Å². The van der Waals surface area contributed by atoms with E-state index in [4.69, 9.17) is 6.57 Å². The Morgan fingerprint density at radius 3 is 1.95 bits per heavy atom. The lowest BCUT2D eigenvalue weighted by Crippen LogP contribution is -1.94. The summed E-state index contributed by atoms with van der Waals surface area (Å²) in [5.74, 6) is 0. The van der Waals surface area contributed by atoms with Crippen molar-refractivity contribution in [2.45, 2.75) is 13.8 Å². The molecule has 0 radical (unpaired) electrons. The summed E-state index contributed by atoms with van der Waals surface area (Å²) in [7, 11) is 0. The molecule has 4 nitrogen and oxygen atoms in total. The maximum Gasteiger partial charge on any atom is 0.273 e. The van der Waals surface area contributed by atoms with Gasteiger partial charge in [0.2, 0.25) is 0 Å². The van der Waals surface area contributed by atoms with Crippen LogP contribution < -0.4 is 0 Å². The Labute approximate surface area is 116 Å². The molecule has 0 N–H and O–H groups in total. The summed E-state index contributed by atoms with van der Waals surface area (Å²) >= 11 is 0. The smallest absolute Gasteiger partial charge is 0.254 e. The van der Waals surface area contributed by atoms with E-state index >= 15 is 0 Å². The molecule has 0 unspecified atom stereocenters. The van der Waals surface area contributed by atoms with Crippen LogP contribution in [0.15, 0.2) is 30.0 Å². The third-order valence-electron chi connectivity index (χ3n) is 3.29. The van der Waals surface area contributed by atoms with E-state index in [1.165, 1.54) is 0 Å². The molecule has 0 amide bonds. The van der Waals surface area contributed by atoms with Crippen molar-refractivity contribution in [3.05, 3.63) is 64.2 Å². The lowest BCUT2D eigenvalue weighted by atomic mass is 10.1. The Hall–Kier alpha value is -2.98. The Bertz CT molecular complexity index is 778. The molecule has 0 fully saturated rings. The third-order valence-corrected chi connectivity index (χ3v) is 3.29. The maximum atomic E-state index is 9.20. The van der Waals surface area contributed by atoms with Gasteiger partial charge in [0.25, 0.3) is 5.70 Å². The van der Waals surface area contributed by atoms with Crippen molar-refractivity contribution in [3.63, 3.8) is 0 Å². The van der Waals surface area contributed by atoms with Crippen LogP contribution in [0.2, 0.25) is 0 Å². The molecule has 1 aliphatic rings. The predicted molar refractivity (Wildman–Crippen MR) is 75.2 cm³/mol. The summed E-state index contributed by atoms with van der Waals surface area (Å²) < 4.78 is 0. The highest BCUT2D eigenvalue weighted by atomic mass is 14.8. The van der Waals surface area contributed by atoms with Crippen LogP contribution in [0.25, 0.3) is 21.5 Å². The van der Waals surface area contributed by atoms with Crippen molar-refractivity contribution >= 4 is 5.57 Å². The van der Waals surface area contributed by atoms with Crippen LogP contribution in [0, 0.1) is 31.8 Å². The minimum absolute atomic E-state index is 0.0428. The second-order valence-corrected chi connectivity index (χ2v) is 4.64. The summed E-state index contributed by atoms with van der Waals surface area (Å²) in [6.07, 6.45) is 0. The maximum absolute atomic E-state index is 9.20. The Kier molecular flexibility index (Phi) is 2.59. The molecule has 0 spiro atoms. The van der Waals surface area contributed by atoms with Gasteiger partial charge in [0.05, 0.1) is 24.0 Å². The van der Waals surface area contributed by atoms with Gasteiger partial charge in [0.1, 0.15) is 0 Å². The first kappa shape index (κ1) is 12.1. The zero-order valence-electron chi connectivity index (χ0n) is 11.1. The average molecular weight is 258 g/mol. The highest BCUT2D eigenvalue weighted by Crippen LogP contribution is 2.43. The molecule has 1 aliphatic carbocycles. The molecule has 0 saturated carbocycles. The molecule has 0 atom stereocenters. The molecular formula is C16H10N4. The normalized spacial score (nSPS) is 11.3. The molecule has 2 heterocycles. The topological polar surface area (TPSA) is 53.9 Å². The number of hydrogen-bond acceptors (Lipinski definition) is 3. The van der Waals surface area contributed by atoms with Gasteiger partial charge < -0.3 is 0 Å². The van der Waals surface area contributed by atoms with Gasteiger partial charge in [-0.05, 0) is 26.0 Å². The third kappa shape index (κ3) is 1.60. The minimum Gasteiger partial charge on any atom is -0.254 e. The fraction of sp³-hybridized carbons (Fsp3) is 0.125. The zero-order chi connectivity index (χ0) is 14.3. The van der Waals surface area contributed by atoms with Gasteiger partial charge in [0.15, 0.2) is 0 Å². The van der Waals surface area contributed by atoms with Crippen molar-refractivity contribution in [3.8, 4) is 17.2 Å². The van der Waals surface area contributed by atoms with Crippen molar-refractivity contribution in [2.24, 2.45) is 0 Å². The lowest BCUT2D eigenvalue weighted by Gasteiger charge is -2.02. The van der Waals surface area contributed by atoms with Gasteiger partial charge in [-0.2, -0.15) is 0 Å². The second-order valence-electron chi connectivity index (χ2n) is 4.64.